The second-order valence-corrected chi connectivity index (χ2v) is 8.82. The third kappa shape index (κ3) is 14.7. The number of nitrogens with two attached hydrogens (primary N) is 1. The summed E-state index contributed by atoms with van der Waals surface area (Å²) in [4.78, 5) is 27.0. The Morgan fingerprint density at radius 1 is 1.29 bits per heavy atom. The van der Waals surface area contributed by atoms with Crippen molar-refractivity contribution in [3.63, 3.8) is 0 Å². The maximum Gasteiger partial charge on any atom is 0.222 e. The predicted octanol–water partition coefficient (Wildman–Crippen LogP) is 4.77. The van der Waals surface area contributed by atoms with E-state index in [-0.39, 0.29) is 18.4 Å². The summed E-state index contributed by atoms with van der Waals surface area (Å²) < 4.78 is 5.43. The summed E-state index contributed by atoms with van der Waals surface area (Å²) in [7, 11) is 2.02. The maximum atomic E-state index is 11.2. The number of aldehydes is 1. The Morgan fingerprint density at radius 3 is 2.66 bits per heavy atom. The van der Waals surface area contributed by atoms with Crippen molar-refractivity contribution in [2.45, 2.75) is 78.2 Å². The Labute approximate surface area is 227 Å². The first kappa shape index (κ1) is 34.2. The van der Waals surface area contributed by atoms with Crippen LogP contribution in [0.5, 0.6) is 0 Å². The molecular weight excluding hydrogens is 480 g/mol. The molecule has 3 rings (SSSR count). The third-order valence-corrected chi connectivity index (χ3v) is 5.76. The Hall–Kier alpha value is -3.82. The average Bonchev–Trinajstić information content (AvgIpc) is 3.16. The summed E-state index contributed by atoms with van der Waals surface area (Å²) in [6.45, 7) is 7.39. The summed E-state index contributed by atoms with van der Waals surface area (Å²) in [5.41, 5.74) is 6.94. The van der Waals surface area contributed by atoms with E-state index >= 15 is 0 Å². The van der Waals surface area contributed by atoms with Crippen molar-refractivity contribution in [3.05, 3.63) is 30.0 Å². The molecule has 1 aromatic carbocycles. The molecule has 9 nitrogen and oxygen atoms in total. The van der Waals surface area contributed by atoms with Crippen molar-refractivity contribution in [1.29, 1.82) is 5.26 Å². The van der Waals surface area contributed by atoms with Crippen LogP contribution in [-0.4, -0.2) is 49.2 Å². The molecule has 0 aliphatic carbocycles. The number of terminal acetylenes is 1. The van der Waals surface area contributed by atoms with Crippen LogP contribution in [0.1, 0.15) is 71.0 Å². The lowest BCUT2D eigenvalue weighted by Gasteiger charge is -2.16. The van der Waals surface area contributed by atoms with E-state index in [1.54, 1.807) is 17.2 Å². The molecule has 9 heteroatoms. The number of fused-ring (bicyclic) bond motifs is 1. The van der Waals surface area contributed by atoms with E-state index in [4.69, 9.17) is 15.4 Å². The van der Waals surface area contributed by atoms with Gasteiger partial charge in [-0.3, -0.25) is 10.1 Å². The van der Waals surface area contributed by atoms with Crippen LogP contribution in [0.4, 0.5) is 5.69 Å². The number of carbonyl (C=O) groups is 2. The van der Waals surface area contributed by atoms with Crippen LogP contribution in [0.25, 0.3) is 11.0 Å². The van der Waals surface area contributed by atoms with Crippen molar-refractivity contribution in [2.75, 3.05) is 20.1 Å². The molecule has 4 N–H and O–H groups in total. The van der Waals surface area contributed by atoms with Gasteiger partial charge in [-0.2, -0.15) is 5.26 Å². The van der Waals surface area contributed by atoms with Crippen LogP contribution in [0.3, 0.4) is 0 Å². The van der Waals surface area contributed by atoms with E-state index in [9.17, 15) is 9.59 Å². The van der Waals surface area contributed by atoms with Crippen LogP contribution in [0.2, 0.25) is 0 Å². The molecule has 0 bridgehead atoms. The summed E-state index contributed by atoms with van der Waals surface area (Å²) in [5.74, 6) is 1.05. The number of carbonyl (C=O) groups excluding carboxylic acids is 2. The monoisotopic (exact) mass is 524 g/mol. The van der Waals surface area contributed by atoms with Crippen LogP contribution in [0.15, 0.2) is 33.7 Å². The number of nitrogens with one attached hydrogen (secondary N) is 2. The lowest BCUT2D eigenvalue weighted by Crippen LogP contribution is -2.31. The number of aliphatic imine (C=N–C) groups is 1. The van der Waals surface area contributed by atoms with Crippen molar-refractivity contribution in [2.24, 2.45) is 10.7 Å². The number of nitriles is 1. The molecule has 0 radical (unpaired) electrons. The van der Waals surface area contributed by atoms with Gasteiger partial charge in [0.1, 0.15) is 17.6 Å². The minimum absolute atomic E-state index is 0.0714. The number of amides is 1. The second-order valence-electron chi connectivity index (χ2n) is 8.82. The molecule has 1 saturated heterocycles. The molecule has 1 aliphatic rings. The van der Waals surface area contributed by atoms with Gasteiger partial charge in [0.25, 0.3) is 0 Å². The van der Waals surface area contributed by atoms with E-state index in [0.717, 1.165) is 48.8 Å². The van der Waals surface area contributed by atoms with E-state index in [1.807, 2.05) is 32.2 Å². The molecule has 1 aliphatic heterocycles. The minimum atomic E-state index is 0.0714. The number of aryl methyl sites for hydroxylation is 1. The van der Waals surface area contributed by atoms with Gasteiger partial charge in [0.15, 0.2) is 6.19 Å². The Morgan fingerprint density at radius 2 is 2.03 bits per heavy atom. The number of benzene rings is 1. The summed E-state index contributed by atoms with van der Waals surface area (Å²) in [6.07, 6.45) is 19.7. The number of rotatable bonds is 8. The number of hydrogen-bond acceptors (Lipinski definition) is 6. The largest absolute Gasteiger partial charge is 0.461 e. The first-order valence-corrected chi connectivity index (χ1v) is 13.1. The molecule has 1 fully saturated rings. The summed E-state index contributed by atoms with van der Waals surface area (Å²) in [5, 5.41) is 14.8. The number of furan rings is 1. The fraction of sp³-hybridized carbons (Fsp3) is 0.517. The Balaban J connectivity index is 0.000000549. The molecule has 2 aromatic rings. The van der Waals surface area contributed by atoms with Gasteiger partial charge < -0.3 is 25.2 Å². The van der Waals surface area contributed by atoms with E-state index in [0.29, 0.717) is 18.2 Å². The van der Waals surface area contributed by atoms with Gasteiger partial charge in [-0.05, 0) is 64.4 Å². The highest BCUT2D eigenvalue weighted by Crippen LogP contribution is 2.24. The Kier molecular flexibility index (Phi) is 19.1. The van der Waals surface area contributed by atoms with Crippen LogP contribution >= 0.6 is 0 Å². The molecule has 208 valence electrons. The lowest BCUT2D eigenvalue weighted by molar-refractivity contribution is -0.132. The van der Waals surface area contributed by atoms with Crippen molar-refractivity contribution >= 4 is 34.8 Å². The lowest BCUT2D eigenvalue weighted by atomic mass is 10.1. The molecule has 1 aromatic heterocycles. The van der Waals surface area contributed by atoms with Gasteiger partial charge in [0.2, 0.25) is 11.9 Å². The van der Waals surface area contributed by atoms with Gasteiger partial charge in [0.05, 0.1) is 12.2 Å². The van der Waals surface area contributed by atoms with Gasteiger partial charge in [-0.1, -0.05) is 32.6 Å². The third-order valence-electron chi connectivity index (χ3n) is 5.76. The highest BCUT2D eigenvalue weighted by atomic mass is 16.3. The number of nitrogens with zero attached hydrogens (tertiary/aromatic N) is 3. The summed E-state index contributed by atoms with van der Waals surface area (Å²) >= 11 is 0. The fourth-order valence-electron chi connectivity index (χ4n) is 3.62. The molecule has 1 unspecified atom stereocenters. The highest BCUT2D eigenvalue weighted by molar-refractivity contribution is 5.86. The highest BCUT2D eigenvalue weighted by Gasteiger charge is 2.14. The maximum absolute atomic E-state index is 11.2. The van der Waals surface area contributed by atoms with Gasteiger partial charge in [0, 0.05) is 24.4 Å². The van der Waals surface area contributed by atoms with E-state index in [2.05, 4.69) is 42.3 Å². The molecule has 0 spiro atoms. The normalized spacial score (nSPS) is 13.8. The topological polar surface area (TPSA) is 137 Å². The Bertz CT molecular complexity index is 1040. The zero-order valence-corrected chi connectivity index (χ0v) is 23.3. The van der Waals surface area contributed by atoms with Crippen LogP contribution in [0, 0.1) is 31.2 Å². The van der Waals surface area contributed by atoms with Crippen molar-refractivity contribution in [1.82, 2.24) is 15.5 Å². The number of likely N-dealkylation sites (tertiary alicyclic amines) is 1. The minimum Gasteiger partial charge on any atom is -0.461 e. The quantitative estimate of drug-likeness (QED) is 0.0860. The standard InChI is InChI=1S/C11H10N4O.C8H13NO2.C8H19N.C2H2/c1-7-4-8-5-9(2-3-10(8)16-7)15-11(13)14-6-12;10-7-6-9-5-3-1-2-4-8(9)11;1-4-5-6-7-8(2)9-3;1-2/h2-5H,1H3,(H3,13,14,15);7H,1-6H2;8-9H,4-7H2,1-3H3;1-2H. The molecule has 1 amide bonds. The molecule has 2 heterocycles. The van der Waals surface area contributed by atoms with Crippen LogP contribution in [-0.2, 0) is 9.59 Å². The molecule has 1 atom stereocenters. The van der Waals surface area contributed by atoms with E-state index in [1.165, 1.54) is 25.7 Å². The van der Waals surface area contributed by atoms with Crippen molar-refractivity contribution < 1.29 is 14.0 Å². The van der Waals surface area contributed by atoms with Crippen molar-refractivity contribution in [3.8, 4) is 19.0 Å². The number of unbranched alkanes of at least 4 members (excludes halogenated alkanes) is 2. The fourth-order valence-corrected chi connectivity index (χ4v) is 3.62. The molecule has 38 heavy (non-hydrogen) atoms. The smallest absolute Gasteiger partial charge is 0.222 e. The first-order chi connectivity index (χ1) is 18.3. The molecule has 0 saturated carbocycles. The predicted molar refractivity (Wildman–Crippen MR) is 155 cm³/mol. The summed E-state index contributed by atoms with van der Waals surface area (Å²) in [6, 6.07) is 8.06. The number of guanidine groups is 1. The van der Waals surface area contributed by atoms with Gasteiger partial charge in [-0.15, -0.1) is 12.8 Å². The average molecular weight is 525 g/mol. The van der Waals surface area contributed by atoms with E-state index < -0.39 is 0 Å². The second kappa shape index (κ2) is 21.3. The van der Waals surface area contributed by atoms with Crippen LogP contribution < -0.4 is 16.4 Å². The molecular formula is C29H44N6O3. The number of hydrogen-bond donors (Lipinski definition) is 3. The SMILES string of the molecule is C#C.CCCCCC(C)NC.Cc1cc2cc(N=C(N)NC#N)ccc2o1.O=CCN1CCCCCC1=O. The zero-order valence-electron chi connectivity index (χ0n) is 23.3. The zero-order chi connectivity index (χ0) is 28.8. The van der Waals surface area contributed by atoms with Gasteiger partial charge >= 0.3 is 0 Å². The van der Waals surface area contributed by atoms with Gasteiger partial charge in [-0.25, -0.2) is 4.99 Å². The first-order valence-electron chi connectivity index (χ1n) is 13.1.